The summed E-state index contributed by atoms with van der Waals surface area (Å²) >= 11 is 10.5. The summed E-state index contributed by atoms with van der Waals surface area (Å²) in [5.74, 6) is -0.625. The molecule has 1 aromatic carbocycles. The minimum atomic E-state index is -0.544. The van der Waals surface area contributed by atoms with Crippen molar-refractivity contribution in [3.63, 3.8) is 0 Å². The molecule has 2 aromatic rings. The number of carbonyl (C=O) groups excluding carboxylic acids is 2. The number of benzene rings is 1. The molecule has 0 bridgehead atoms. The van der Waals surface area contributed by atoms with Gasteiger partial charge in [-0.3, -0.25) is 19.8 Å². The number of hydrogen-bond acceptors (Lipinski definition) is 4. The molecule has 1 fully saturated rings. The monoisotopic (exact) mass is 530 g/mol. The van der Waals surface area contributed by atoms with Gasteiger partial charge in [0.2, 0.25) is 0 Å². The van der Waals surface area contributed by atoms with Crippen LogP contribution in [-0.4, -0.2) is 16.9 Å². The third kappa shape index (κ3) is 3.56. The van der Waals surface area contributed by atoms with Gasteiger partial charge in [-0.25, -0.2) is 0 Å². The largest absolute Gasteiger partial charge is 0.450 e. The third-order valence-electron chi connectivity index (χ3n) is 3.80. The van der Waals surface area contributed by atoms with E-state index in [1.807, 2.05) is 48.6 Å². The molecule has 0 atom stereocenters. The Morgan fingerprint density at radius 2 is 1.96 bits per heavy atom. The Morgan fingerprint density at radius 3 is 2.56 bits per heavy atom. The van der Waals surface area contributed by atoms with Crippen molar-refractivity contribution >= 4 is 79.4 Å². The van der Waals surface area contributed by atoms with Gasteiger partial charge in [0.05, 0.1) is 10.2 Å². The fourth-order valence-electron chi connectivity index (χ4n) is 2.33. The molecule has 5 nitrogen and oxygen atoms in total. The zero-order chi connectivity index (χ0) is 18.3. The molecule has 128 valence electrons. The van der Waals surface area contributed by atoms with Crippen LogP contribution >= 0.6 is 50.7 Å². The average Bonchev–Trinajstić information content (AvgIpc) is 2.85. The Hall–Kier alpha value is -1.52. The van der Waals surface area contributed by atoms with Crippen molar-refractivity contribution in [3.05, 3.63) is 55.0 Å². The van der Waals surface area contributed by atoms with E-state index < -0.39 is 11.8 Å². The Bertz CT molecular complexity index is 932. The average molecular weight is 531 g/mol. The first kappa shape index (κ1) is 18.3. The predicted molar refractivity (Wildman–Crippen MR) is 111 cm³/mol. The maximum atomic E-state index is 12.9. The van der Waals surface area contributed by atoms with Gasteiger partial charge in [0, 0.05) is 22.6 Å². The predicted octanol–water partition coefficient (Wildman–Crippen LogP) is 4.09. The van der Waals surface area contributed by atoms with E-state index in [0.717, 1.165) is 15.6 Å². The van der Waals surface area contributed by atoms with Crippen molar-refractivity contribution in [1.29, 1.82) is 0 Å². The Kier molecular flexibility index (Phi) is 5.12. The maximum absolute atomic E-state index is 12.9. The van der Waals surface area contributed by atoms with Crippen LogP contribution in [0.4, 0.5) is 5.69 Å². The van der Waals surface area contributed by atoms with Crippen LogP contribution in [0.5, 0.6) is 0 Å². The normalized spacial score (nSPS) is 16.6. The fourth-order valence-corrected chi connectivity index (χ4v) is 3.33. The second kappa shape index (κ2) is 7.00. The van der Waals surface area contributed by atoms with Gasteiger partial charge >= 0.3 is 0 Å². The fraction of sp³-hybridized carbons (Fsp3) is 0.118. The molecule has 0 unspecified atom stereocenters. The summed E-state index contributed by atoms with van der Waals surface area (Å²) in [5.41, 5.74) is 2.71. The SMILES string of the molecule is Cc1ccc(N2C(=O)C(=Cc3cc(Br)c(I)o3)C(=O)NC2=S)cc1C. The lowest BCUT2D eigenvalue weighted by molar-refractivity contribution is -0.122. The molecule has 2 heterocycles. The molecule has 1 aromatic heterocycles. The Balaban J connectivity index is 2.03. The quantitative estimate of drug-likeness (QED) is 0.275. The maximum Gasteiger partial charge on any atom is 0.270 e. The third-order valence-corrected chi connectivity index (χ3v) is 6.22. The van der Waals surface area contributed by atoms with Crippen LogP contribution in [0.15, 0.2) is 38.7 Å². The highest BCUT2D eigenvalue weighted by atomic mass is 127. The van der Waals surface area contributed by atoms with Crippen LogP contribution in [0.2, 0.25) is 0 Å². The molecule has 8 heteroatoms. The van der Waals surface area contributed by atoms with E-state index in [-0.39, 0.29) is 10.7 Å². The van der Waals surface area contributed by atoms with Gasteiger partial charge in [-0.2, -0.15) is 0 Å². The Morgan fingerprint density at radius 1 is 1.24 bits per heavy atom. The zero-order valence-electron chi connectivity index (χ0n) is 13.2. The lowest BCUT2D eigenvalue weighted by Gasteiger charge is -2.29. The summed E-state index contributed by atoms with van der Waals surface area (Å²) in [6.07, 6.45) is 1.42. The summed E-state index contributed by atoms with van der Waals surface area (Å²) in [6.45, 7) is 3.94. The molecule has 1 aliphatic heterocycles. The van der Waals surface area contributed by atoms with Crippen molar-refractivity contribution < 1.29 is 14.0 Å². The molecule has 0 spiro atoms. The number of nitrogens with one attached hydrogen (secondary N) is 1. The molecule has 1 N–H and O–H groups in total. The first-order valence-corrected chi connectivity index (χ1v) is 9.49. The van der Waals surface area contributed by atoms with Gasteiger partial charge in [0.25, 0.3) is 11.8 Å². The van der Waals surface area contributed by atoms with E-state index >= 15 is 0 Å². The number of furan rings is 1. The standard InChI is InChI=1S/C17H12BrIN2O3S/c1-8-3-4-10(5-9(8)2)21-16(23)12(15(22)20-17(21)25)6-11-7-13(18)14(19)24-11/h3-7H,1-2H3,(H,20,22,25). The number of rotatable bonds is 2. The van der Waals surface area contributed by atoms with E-state index in [4.69, 9.17) is 16.6 Å². The van der Waals surface area contributed by atoms with Crippen molar-refractivity contribution in [3.8, 4) is 0 Å². The molecular formula is C17H12BrIN2O3S. The van der Waals surface area contributed by atoms with Crippen LogP contribution < -0.4 is 10.2 Å². The van der Waals surface area contributed by atoms with Gasteiger partial charge < -0.3 is 4.42 Å². The highest BCUT2D eigenvalue weighted by Crippen LogP contribution is 2.27. The summed E-state index contributed by atoms with van der Waals surface area (Å²) in [7, 11) is 0. The van der Waals surface area contributed by atoms with Crippen molar-refractivity contribution in [2.24, 2.45) is 0 Å². The van der Waals surface area contributed by atoms with Gasteiger partial charge in [0.1, 0.15) is 11.3 Å². The van der Waals surface area contributed by atoms with E-state index in [1.54, 1.807) is 12.1 Å². The second-order valence-electron chi connectivity index (χ2n) is 5.50. The van der Waals surface area contributed by atoms with Crippen molar-refractivity contribution in [2.75, 3.05) is 4.90 Å². The highest BCUT2D eigenvalue weighted by Gasteiger charge is 2.34. The van der Waals surface area contributed by atoms with Gasteiger partial charge in [0.15, 0.2) is 8.88 Å². The van der Waals surface area contributed by atoms with E-state index in [0.29, 0.717) is 15.2 Å². The smallest absolute Gasteiger partial charge is 0.270 e. The number of anilines is 1. The summed E-state index contributed by atoms with van der Waals surface area (Å²) in [5, 5.41) is 2.62. The summed E-state index contributed by atoms with van der Waals surface area (Å²) in [4.78, 5) is 26.5. The lowest BCUT2D eigenvalue weighted by Crippen LogP contribution is -2.54. The van der Waals surface area contributed by atoms with Crippen LogP contribution in [0, 0.1) is 17.6 Å². The zero-order valence-corrected chi connectivity index (χ0v) is 17.8. The molecule has 25 heavy (non-hydrogen) atoms. The van der Waals surface area contributed by atoms with Gasteiger partial charge in [-0.1, -0.05) is 6.07 Å². The first-order chi connectivity index (χ1) is 11.8. The molecule has 1 saturated heterocycles. The van der Waals surface area contributed by atoms with Crippen molar-refractivity contribution in [2.45, 2.75) is 13.8 Å². The lowest BCUT2D eigenvalue weighted by atomic mass is 10.1. The molecule has 1 aliphatic rings. The first-order valence-electron chi connectivity index (χ1n) is 7.21. The summed E-state index contributed by atoms with van der Waals surface area (Å²) in [6, 6.07) is 7.27. The van der Waals surface area contributed by atoms with Crippen LogP contribution in [0.1, 0.15) is 16.9 Å². The van der Waals surface area contributed by atoms with Crippen LogP contribution in [0.3, 0.4) is 0 Å². The topological polar surface area (TPSA) is 62.6 Å². The number of nitrogens with zero attached hydrogens (tertiary/aromatic N) is 1. The number of thiocarbonyl (C=S) groups is 1. The van der Waals surface area contributed by atoms with Crippen molar-refractivity contribution in [1.82, 2.24) is 5.32 Å². The summed E-state index contributed by atoms with van der Waals surface area (Å²) < 4.78 is 6.88. The molecule has 3 rings (SSSR count). The number of carbonyl (C=O) groups is 2. The van der Waals surface area contributed by atoms with E-state index in [1.165, 1.54) is 11.0 Å². The molecule has 0 saturated carbocycles. The van der Waals surface area contributed by atoms with Crippen LogP contribution in [-0.2, 0) is 9.59 Å². The van der Waals surface area contributed by atoms with Gasteiger partial charge in [-0.05, 0) is 77.4 Å². The number of amides is 2. The van der Waals surface area contributed by atoms with E-state index in [9.17, 15) is 9.59 Å². The molecule has 2 amide bonds. The molecular weight excluding hydrogens is 519 g/mol. The number of halogens is 2. The number of aryl methyl sites for hydroxylation is 2. The van der Waals surface area contributed by atoms with Crippen LogP contribution in [0.25, 0.3) is 6.08 Å². The minimum absolute atomic E-state index is 0.0375. The minimum Gasteiger partial charge on any atom is -0.450 e. The highest BCUT2D eigenvalue weighted by molar-refractivity contribution is 14.1. The number of hydrogen-bond donors (Lipinski definition) is 1. The van der Waals surface area contributed by atoms with Gasteiger partial charge in [-0.15, -0.1) is 0 Å². The second-order valence-corrected chi connectivity index (χ2v) is 7.72. The molecule has 0 radical (unpaired) electrons. The molecule has 0 aliphatic carbocycles. The Labute approximate surface area is 171 Å². The van der Waals surface area contributed by atoms with E-state index in [2.05, 4.69) is 21.2 Å².